The van der Waals surface area contributed by atoms with E-state index in [1.165, 1.54) is 77.0 Å². The summed E-state index contributed by atoms with van der Waals surface area (Å²) in [5, 5.41) is 29.6. The van der Waals surface area contributed by atoms with Gasteiger partial charge in [-0.05, 0) is 6.42 Å². The summed E-state index contributed by atoms with van der Waals surface area (Å²) in [4.78, 5) is 11.9. The van der Waals surface area contributed by atoms with Crippen molar-refractivity contribution in [3.05, 3.63) is 0 Å². The van der Waals surface area contributed by atoms with E-state index >= 15 is 0 Å². The molecule has 1 saturated heterocycles. The first-order valence-electron chi connectivity index (χ1n) is 14.6. The van der Waals surface area contributed by atoms with Gasteiger partial charge in [-0.25, -0.2) is 8.42 Å². The Bertz CT molecular complexity index is 709. The minimum Gasteiger partial charge on any atom is -0.748 e. The molecular weight excluding hydrogens is 539 g/mol. The van der Waals surface area contributed by atoms with Gasteiger partial charge in [-0.3, -0.25) is 4.79 Å². The quantitative estimate of drug-likeness (QED) is 0.0663. The molecule has 0 spiro atoms. The fourth-order valence-electron chi connectivity index (χ4n) is 4.55. The van der Waals surface area contributed by atoms with Crippen molar-refractivity contribution in [2.24, 2.45) is 0 Å². The summed E-state index contributed by atoms with van der Waals surface area (Å²) in [7, 11) is -4.72. The van der Waals surface area contributed by atoms with Crippen molar-refractivity contribution >= 4 is 16.1 Å². The molecule has 0 bridgehead atoms. The predicted molar refractivity (Wildman–Crippen MR) is 142 cm³/mol. The predicted octanol–water partition coefficient (Wildman–Crippen LogP) is 0.555. The van der Waals surface area contributed by atoms with Crippen LogP contribution in [0.5, 0.6) is 0 Å². The molecule has 1 aliphatic rings. The second-order valence-electron chi connectivity index (χ2n) is 10.4. The molecule has 10 nitrogen and oxygen atoms in total. The number of hydrogen-bond acceptors (Lipinski definition) is 10. The van der Waals surface area contributed by atoms with E-state index in [0.29, 0.717) is 12.8 Å². The molecule has 1 rings (SSSR count). The van der Waals surface area contributed by atoms with Gasteiger partial charge in [-0.15, -0.1) is 0 Å². The molecule has 5 atom stereocenters. The van der Waals surface area contributed by atoms with E-state index in [1.807, 2.05) is 0 Å². The number of carbonyl (C=O) groups excluding carboxylic acids is 1. The number of hydrogen-bond donors (Lipinski definition) is 3. The number of rotatable bonds is 23. The molecule has 0 radical (unpaired) electrons. The van der Waals surface area contributed by atoms with E-state index in [0.717, 1.165) is 19.3 Å². The summed E-state index contributed by atoms with van der Waals surface area (Å²) in [5.74, 6) is -1.35. The van der Waals surface area contributed by atoms with Crippen LogP contribution in [-0.2, 0) is 29.1 Å². The zero-order valence-corrected chi connectivity index (χ0v) is 27.0. The molecule has 0 aliphatic carbocycles. The smallest absolute Gasteiger partial charge is 0.748 e. The Labute approximate surface area is 257 Å². The van der Waals surface area contributed by atoms with E-state index in [4.69, 9.17) is 14.2 Å². The molecule has 39 heavy (non-hydrogen) atoms. The van der Waals surface area contributed by atoms with Crippen LogP contribution in [0.25, 0.3) is 0 Å². The molecule has 0 aromatic heterocycles. The van der Waals surface area contributed by atoms with Crippen LogP contribution in [0.15, 0.2) is 0 Å². The van der Waals surface area contributed by atoms with E-state index in [2.05, 4.69) is 6.92 Å². The molecule has 3 N–H and O–H groups in total. The van der Waals surface area contributed by atoms with Gasteiger partial charge in [0.15, 0.2) is 6.29 Å². The van der Waals surface area contributed by atoms with Crippen LogP contribution in [-0.4, -0.2) is 83.9 Å². The Hall–Kier alpha value is 0.180. The second kappa shape index (κ2) is 23.7. The average molecular weight is 591 g/mol. The first-order valence-corrected chi connectivity index (χ1v) is 16.1. The zero-order chi connectivity index (χ0) is 28.2. The average Bonchev–Trinajstić information content (AvgIpc) is 2.86. The van der Waals surface area contributed by atoms with Gasteiger partial charge < -0.3 is 34.1 Å². The summed E-state index contributed by atoms with van der Waals surface area (Å²) in [6, 6.07) is 0. The third-order valence-electron chi connectivity index (χ3n) is 6.86. The Kier molecular flexibility index (Phi) is 23.8. The van der Waals surface area contributed by atoms with Gasteiger partial charge in [0, 0.05) is 12.8 Å². The molecule has 0 saturated carbocycles. The van der Waals surface area contributed by atoms with Gasteiger partial charge in [0.2, 0.25) is 0 Å². The van der Waals surface area contributed by atoms with Crippen LogP contribution in [0.4, 0.5) is 0 Å². The van der Waals surface area contributed by atoms with Crippen molar-refractivity contribution in [3.8, 4) is 0 Å². The normalized spacial score (nSPS) is 23.4. The number of aliphatic hydroxyl groups is 3. The Morgan fingerprint density at radius 2 is 1.23 bits per heavy atom. The summed E-state index contributed by atoms with van der Waals surface area (Å²) in [5.41, 5.74) is 0. The first-order chi connectivity index (χ1) is 18.2. The topological polar surface area (TPSA) is 163 Å². The van der Waals surface area contributed by atoms with E-state index in [9.17, 15) is 33.1 Å². The van der Waals surface area contributed by atoms with Crippen LogP contribution in [0.3, 0.4) is 0 Å². The maximum absolute atomic E-state index is 11.9. The van der Waals surface area contributed by atoms with Crippen molar-refractivity contribution in [2.75, 3.05) is 19.0 Å². The molecule has 0 unspecified atom stereocenters. The van der Waals surface area contributed by atoms with Crippen LogP contribution < -0.4 is 29.6 Å². The molecule has 0 aromatic rings. The van der Waals surface area contributed by atoms with Gasteiger partial charge >= 0.3 is 35.5 Å². The fourth-order valence-corrected chi connectivity index (χ4v) is 5.23. The Morgan fingerprint density at radius 1 is 0.744 bits per heavy atom. The van der Waals surface area contributed by atoms with Crippen molar-refractivity contribution in [3.63, 3.8) is 0 Å². The van der Waals surface area contributed by atoms with Crippen molar-refractivity contribution in [2.45, 2.75) is 147 Å². The standard InChI is InChI=1S/C27H52O10S.Na/c1-2-3-4-5-6-7-8-9-10-11-12-13-14-15-16-18-23(28)35-19-17-20-36-27-26(31)25(30)24(29)22(37-27)21-38(32,33)34;/h22,24-27,29-31H,2-21H2,1H3,(H,32,33,34);/q;+1/p-1/t22-,24-,25+,26-,27+;/m1./s1. The van der Waals surface area contributed by atoms with Crippen molar-refractivity contribution in [1.29, 1.82) is 0 Å². The maximum atomic E-state index is 11.9. The van der Waals surface area contributed by atoms with Crippen LogP contribution in [0.2, 0.25) is 0 Å². The minimum atomic E-state index is -4.72. The van der Waals surface area contributed by atoms with Gasteiger partial charge in [0.1, 0.15) is 24.4 Å². The van der Waals surface area contributed by atoms with E-state index in [1.54, 1.807) is 0 Å². The number of ether oxygens (including phenoxy) is 3. The summed E-state index contributed by atoms with van der Waals surface area (Å²) in [6.07, 6.45) is 11.5. The van der Waals surface area contributed by atoms with Crippen LogP contribution >= 0.6 is 0 Å². The summed E-state index contributed by atoms with van der Waals surface area (Å²) >= 11 is 0. The third-order valence-corrected chi connectivity index (χ3v) is 7.59. The third kappa shape index (κ3) is 19.8. The molecule has 0 amide bonds. The fraction of sp³-hybridized carbons (Fsp3) is 0.963. The van der Waals surface area contributed by atoms with Gasteiger partial charge in [-0.2, -0.15) is 0 Å². The van der Waals surface area contributed by atoms with Crippen molar-refractivity contribution < 1.29 is 76.9 Å². The maximum Gasteiger partial charge on any atom is 1.00 e. The molecule has 1 heterocycles. The Balaban J connectivity index is 0.0000144. The molecule has 1 aliphatic heterocycles. The monoisotopic (exact) mass is 590 g/mol. The number of unbranched alkanes of at least 4 members (excludes halogenated alkanes) is 14. The molecule has 226 valence electrons. The van der Waals surface area contributed by atoms with Crippen molar-refractivity contribution in [1.82, 2.24) is 0 Å². The second-order valence-corrected chi connectivity index (χ2v) is 11.8. The number of carbonyl (C=O) groups is 1. The van der Waals surface area contributed by atoms with Crippen LogP contribution in [0.1, 0.15) is 116 Å². The molecule has 1 fully saturated rings. The van der Waals surface area contributed by atoms with Crippen LogP contribution in [0, 0.1) is 0 Å². The minimum absolute atomic E-state index is 0. The van der Waals surface area contributed by atoms with E-state index < -0.39 is 46.6 Å². The van der Waals surface area contributed by atoms with Gasteiger partial charge in [0.05, 0.1) is 29.1 Å². The Morgan fingerprint density at radius 3 is 1.72 bits per heavy atom. The zero-order valence-electron chi connectivity index (χ0n) is 24.1. The van der Waals surface area contributed by atoms with E-state index in [-0.39, 0.29) is 48.7 Å². The largest absolute Gasteiger partial charge is 1.00 e. The number of esters is 1. The van der Waals surface area contributed by atoms with Gasteiger partial charge in [0.25, 0.3) is 0 Å². The summed E-state index contributed by atoms with van der Waals surface area (Å²) in [6.45, 7) is 2.34. The molecule has 12 heteroatoms. The summed E-state index contributed by atoms with van der Waals surface area (Å²) < 4.78 is 48.5. The molecular formula is C27H51NaO10S. The molecule has 0 aromatic carbocycles. The van der Waals surface area contributed by atoms with Gasteiger partial charge in [-0.1, -0.05) is 96.8 Å². The number of aliphatic hydroxyl groups excluding tert-OH is 3. The first kappa shape index (κ1) is 39.2. The SMILES string of the molecule is CCCCCCCCCCCCCCCCCC(=O)OCCCO[C@H]1O[C@H](CS(=O)(=O)[O-])[C@@H](O)[C@H](O)[C@H]1O.[Na+].